The van der Waals surface area contributed by atoms with E-state index in [2.05, 4.69) is 13.8 Å². The van der Waals surface area contributed by atoms with E-state index in [0.717, 1.165) is 6.42 Å². The van der Waals surface area contributed by atoms with E-state index in [9.17, 15) is 9.50 Å². The van der Waals surface area contributed by atoms with E-state index < -0.39 is 12.0 Å². The lowest BCUT2D eigenvalue weighted by molar-refractivity contribution is -0.321. The second-order valence-corrected chi connectivity index (χ2v) is 4.96. The molecule has 0 radical (unpaired) electrons. The van der Waals surface area contributed by atoms with Crippen LogP contribution in [0.5, 0.6) is 0 Å². The van der Waals surface area contributed by atoms with Crippen LogP contribution in [0, 0.1) is 17.3 Å². The Bertz CT molecular complexity index is 229. The van der Waals surface area contributed by atoms with Crippen molar-refractivity contribution in [2.75, 3.05) is 7.11 Å². The Hall–Kier alpha value is -0.150. The summed E-state index contributed by atoms with van der Waals surface area (Å²) in [7, 11) is 1.35. The monoisotopic (exact) mass is 188 g/mol. The minimum Gasteiger partial charge on any atom is -0.387 e. The maximum absolute atomic E-state index is 14.2. The fourth-order valence-electron chi connectivity index (χ4n) is 3.02. The van der Waals surface area contributed by atoms with E-state index in [4.69, 9.17) is 4.74 Å². The maximum Gasteiger partial charge on any atom is 0.238 e. The highest BCUT2D eigenvalue weighted by atomic mass is 19.2. The molecule has 3 aliphatic carbocycles. The molecule has 0 aromatic carbocycles. The van der Waals surface area contributed by atoms with Gasteiger partial charge in [-0.1, -0.05) is 13.8 Å². The number of alkyl halides is 1. The number of halogens is 1. The molecule has 3 fully saturated rings. The van der Waals surface area contributed by atoms with Gasteiger partial charge in [-0.05, 0) is 24.2 Å². The lowest BCUT2D eigenvalue weighted by Crippen LogP contribution is -2.66. The summed E-state index contributed by atoms with van der Waals surface area (Å²) in [5.41, 5.74) is -0.00993. The molecule has 3 heteroatoms. The predicted molar refractivity (Wildman–Crippen MR) is 46.8 cm³/mol. The predicted octanol–water partition coefficient (Wildman–Crippen LogP) is 1.73. The van der Waals surface area contributed by atoms with Crippen LogP contribution in [0.4, 0.5) is 4.39 Å². The summed E-state index contributed by atoms with van der Waals surface area (Å²) in [5, 5.41) is 9.56. The number of aliphatic hydroxyl groups is 1. The summed E-state index contributed by atoms with van der Waals surface area (Å²) in [6.07, 6.45) is 0.455. The number of rotatable bonds is 1. The molecule has 3 rings (SSSR count). The van der Waals surface area contributed by atoms with Crippen LogP contribution in [-0.2, 0) is 4.74 Å². The summed E-state index contributed by atoms with van der Waals surface area (Å²) in [6.45, 7) is 4.12. The number of hydrogen-bond acceptors (Lipinski definition) is 2. The van der Waals surface area contributed by atoms with Crippen molar-refractivity contribution in [1.29, 1.82) is 0 Å². The summed E-state index contributed by atoms with van der Waals surface area (Å²) in [5.74, 6) is -1.48. The second-order valence-electron chi connectivity index (χ2n) is 4.96. The zero-order valence-corrected chi connectivity index (χ0v) is 8.38. The Balaban J connectivity index is 2.27. The van der Waals surface area contributed by atoms with Crippen molar-refractivity contribution in [2.24, 2.45) is 17.3 Å². The lowest BCUT2D eigenvalue weighted by atomic mass is 9.46. The molecule has 76 valence electrons. The van der Waals surface area contributed by atoms with Crippen LogP contribution in [0.15, 0.2) is 0 Å². The van der Waals surface area contributed by atoms with Gasteiger partial charge in [0.25, 0.3) is 0 Å². The fourth-order valence-corrected chi connectivity index (χ4v) is 3.02. The van der Waals surface area contributed by atoms with Crippen molar-refractivity contribution in [1.82, 2.24) is 0 Å². The Labute approximate surface area is 78.1 Å². The number of hydrogen-bond donors (Lipinski definition) is 1. The van der Waals surface area contributed by atoms with Crippen molar-refractivity contribution in [3.05, 3.63) is 0 Å². The summed E-state index contributed by atoms with van der Waals surface area (Å²) in [6, 6.07) is 0. The van der Waals surface area contributed by atoms with E-state index in [-0.39, 0.29) is 11.3 Å². The largest absolute Gasteiger partial charge is 0.387 e. The van der Waals surface area contributed by atoms with Crippen molar-refractivity contribution in [3.63, 3.8) is 0 Å². The molecule has 0 saturated heterocycles. The molecule has 0 aliphatic heterocycles. The molecule has 2 nitrogen and oxygen atoms in total. The van der Waals surface area contributed by atoms with Crippen LogP contribution in [0.3, 0.4) is 0 Å². The second kappa shape index (κ2) is 2.45. The molecule has 3 saturated carbocycles. The zero-order valence-electron chi connectivity index (χ0n) is 8.38. The molecule has 1 N–H and O–H groups in total. The fraction of sp³-hybridized carbons (Fsp3) is 1.00. The molecule has 0 amide bonds. The highest BCUT2D eigenvalue weighted by Crippen LogP contribution is 2.63. The third-order valence-electron chi connectivity index (χ3n) is 4.22. The Morgan fingerprint density at radius 2 is 2.00 bits per heavy atom. The first-order valence-electron chi connectivity index (χ1n) is 4.85. The Morgan fingerprint density at radius 1 is 1.38 bits per heavy atom. The van der Waals surface area contributed by atoms with Gasteiger partial charge in [-0.3, -0.25) is 0 Å². The van der Waals surface area contributed by atoms with Crippen molar-refractivity contribution in [2.45, 2.75) is 38.6 Å². The zero-order chi connectivity index (χ0) is 9.85. The third-order valence-corrected chi connectivity index (χ3v) is 4.22. The van der Waals surface area contributed by atoms with E-state index in [1.54, 1.807) is 0 Å². The molecule has 13 heavy (non-hydrogen) atoms. The third kappa shape index (κ3) is 0.947. The Morgan fingerprint density at radius 3 is 2.38 bits per heavy atom. The van der Waals surface area contributed by atoms with Gasteiger partial charge in [-0.2, -0.15) is 0 Å². The highest BCUT2D eigenvalue weighted by molar-refractivity contribution is 5.10. The SMILES string of the molecule is CO[C@]1(F)[C@H](O)C[C@@H]2C[C@H]1C2(C)C. The van der Waals surface area contributed by atoms with E-state index in [0.29, 0.717) is 12.3 Å². The Kier molecular flexibility index (Phi) is 1.77. The van der Waals surface area contributed by atoms with Crippen LogP contribution in [0.1, 0.15) is 26.7 Å². The van der Waals surface area contributed by atoms with Crippen LogP contribution in [-0.4, -0.2) is 24.2 Å². The van der Waals surface area contributed by atoms with Crippen molar-refractivity contribution >= 4 is 0 Å². The minimum atomic E-state index is -1.81. The van der Waals surface area contributed by atoms with Gasteiger partial charge < -0.3 is 9.84 Å². The normalized spacial score (nSPS) is 52.8. The highest BCUT2D eigenvalue weighted by Gasteiger charge is 2.66. The van der Waals surface area contributed by atoms with Gasteiger partial charge in [0.05, 0.1) is 0 Å². The molecule has 3 aliphatic rings. The average Bonchev–Trinajstić information content (AvgIpc) is 2.08. The van der Waals surface area contributed by atoms with Crippen molar-refractivity contribution < 1.29 is 14.2 Å². The van der Waals surface area contributed by atoms with Crippen LogP contribution >= 0.6 is 0 Å². The van der Waals surface area contributed by atoms with Gasteiger partial charge in [0, 0.05) is 13.0 Å². The molecule has 0 spiro atoms. The number of ether oxygens (including phenoxy) is 1. The lowest BCUT2D eigenvalue weighted by Gasteiger charge is -2.62. The quantitative estimate of drug-likeness (QED) is 0.679. The molecule has 0 aromatic heterocycles. The molecule has 2 bridgehead atoms. The first-order valence-corrected chi connectivity index (χ1v) is 4.85. The number of fused-ring (bicyclic) bond motifs is 2. The van der Waals surface area contributed by atoms with Gasteiger partial charge in [-0.15, -0.1) is 0 Å². The first-order chi connectivity index (χ1) is 5.93. The molecule has 0 unspecified atom stereocenters. The standard InChI is InChI=1S/C10H17FO2/c1-9(2)6-4-7(9)10(11,13-3)8(12)5-6/h6-8,12H,4-5H2,1-3H3/t6-,7-,8+,10-/m0/s1. The molecular formula is C10H17FO2. The maximum atomic E-state index is 14.2. The van der Waals surface area contributed by atoms with E-state index >= 15 is 0 Å². The van der Waals surface area contributed by atoms with Gasteiger partial charge >= 0.3 is 0 Å². The topological polar surface area (TPSA) is 29.5 Å². The molecule has 0 aromatic rings. The first kappa shape index (κ1) is 9.41. The smallest absolute Gasteiger partial charge is 0.238 e. The van der Waals surface area contributed by atoms with Crippen LogP contribution in [0.2, 0.25) is 0 Å². The molecular weight excluding hydrogens is 171 g/mol. The summed E-state index contributed by atoms with van der Waals surface area (Å²) >= 11 is 0. The summed E-state index contributed by atoms with van der Waals surface area (Å²) in [4.78, 5) is 0. The van der Waals surface area contributed by atoms with Crippen LogP contribution < -0.4 is 0 Å². The van der Waals surface area contributed by atoms with Gasteiger partial charge in [0.1, 0.15) is 6.10 Å². The van der Waals surface area contributed by atoms with Crippen LogP contribution in [0.25, 0.3) is 0 Å². The number of methoxy groups -OCH3 is 1. The van der Waals surface area contributed by atoms with Gasteiger partial charge in [0.2, 0.25) is 5.85 Å². The average molecular weight is 188 g/mol. The number of aliphatic hydroxyl groups excluding tert-OH is 1. The van der Waals surface area contributed by atoms with E-state index in [1.807, 2.05) is 0 Å². The minimum absolute atomic E-state index is 0.00993. The summed E-state index contributed by atoms with van der Waals surface area (Å²) < 4.78 is 19.0. The van der Waals surface area contributed by atoms with Gasteiger partial charge in [0.15, 0.2) is 0 Å². The van der Waals surface area contributed by atoms with Gasteiger partial charge in [-0.25, -0.2) is 4.39 Å². The van der Waals surface area contributed by atoms with E-state index in [1.165, 1.54) is 7.11 Å². The van der Waals surface area contributed by atoms with Crippen molar-refractivity contribution in [3.8, 4) is 0 Å². The molecule has 0 heterocycles. The molecule has 4 atom stereocenters.